The van der Waals surface area contributed by atoms with Crippen LogP contribution >= 0.6 is 0 Å². The zero-order chi connectivity index (χ0) is 26.2. The minimum Gasteiger partial charge on any atom is -0.420 e. The third kappa shape index (κ3) is 4.21. The van der Waals surface area contributed by atoms with Crippen molar-refractivity contribution in [3.05, 3.63) is 57.6 Å². The number of rotatable bonds is 5. The number of nitrogens with one attached hydrogen (secondary N) is 1. The van der Waals surface area contributed by atoms with E-state index in [9.17, 15) is 15.2 Å². The first kappa shape index (κ1) is 25.3. The standard InChI is InChI=1S/C27H32N6O3/c1-16(2)27(22(11-28)25(29)36-26-24(27)17(3)30-31-26)21-9-18(8-20(10-21)15-34)6-7-19-12-33(13-19)23(35)14-32(4)5/h8-10,16,19,34H,12-15,29H2,1-5H3,(H,30,31). The number of ether oxygens (including phenoxy) is 1. The van der Waals surface area contributed by atoms with Gasteiger partial charge in [0, 0.05) is 24.3 Å². The molecular formula is C27H32N6O3. The molecule has 188 valence electrons. The second-order valence-electron chi connectivity index (χ2n) is 10.0. The number of nitrogens with two attached hydrogens (primary N) is 1. The van der Waals surface area contributed by atoms with Crippen molar-refractivity contribution in [2.45, 2.75) is 32.8 Å². The number of aliphatic hydroxyl groups is 1. The number of benzene rings is 1. The molecule has 0 spiro atoms. The van der Waals surface area contributed by atoms with Crippen LogP contribution in [0.4, 0.5) is 0 Å². The summed E-state index contributed by atoms with van der Waals surface area (Å²) in [6.07, 6.45) is 0. The maximum Gasteiger partial charge on any atom is 0.244 e. The first-order chi connectivity index (χ1) is 17.1. The van der Waals surface area contributed by atoms with Gasteiger partial charge in [0.2, 0.25) is 17.7 Å². The molecule has 9 heteroatoms. The van der Waals surface area contributed by atoms with Crippen molar-refractivity contribution in [3.63, 3.8) is 0 Å². The van der Waals surface area contributed by atoms with Crippen molar-refractivity contribution in [2.24, 2.45) is 17.6 Å². The average molecular weight is 489 g/mol. The van der Waals surface area contributed by atoms with Gasteiger partial charge in [0.05, 0.1) is 30.0 Å². The Labute approximate surface area is 211 Å². The number of amides is 1. The lowest BCUT2D eigenvalue weighted by molar-refractivity contribution is -0.136. The van der Waals surface area contributed by atoms with E-state index in [1.807, 2.05) is 58.0 Å². The summed E-state index contributed by atoms with van der Waals surface area (Å²) in [4.78, 5) is 15.9. The summed E-state index contributed by atoms with van der Waals surface area (Å²) in [5, 5.41) is 27.5. The Morgan fingerprint density at radius 2 is 2.11 bits per heavy atom. The van der Waals surface area contributed by atoms with Crippen molar-refractivity contribution in [2.75, 3.05) is 33.7 Å². The van der Waals surface area contributed by atoms with Crippen LogP contribution in [0.15, 0.2) is 29.7 Å². The second-order valence-corrected chi connectivity index (χ2v) is 10.0. The van der Waals surface area contributed by atoms with Crippen LogP contribution in [0.2, 0.25) is 0 Å². The minimum atomic E-state index is -0.934. The predicted molar refractivity (Wildman–Crippen MR) is 134 cm³/mol. The van der Waals surface area contributed by atoms with Gasteiger partial charge < -0.3 is 25.4 Å². The van der Waals surface area contributed by atoms with Crippen LogP contribution < -0.4 is 10.5 Å². The fourth-order valence-electron chi connectivity index (χ4n) is 5.17. The van der Waals surface area contributed by atoms with Gasteiger partial charge >= 0.3 is 0 Å². The van der Waals surface area contributed by atoms with Crippen molar-refractivity contribution in [1.82, 2.24) is 20.0 Å². The van der Waals surface area contributed by atoms with Gasteiger partial charge in [-0.3, -0.25) is 9.89 Å². The Morgan fingerprint density at radius 1 is 1.39 bits per heavy atom. The fourth-order valence-corrected chi connectivity index (χ4v) is 5.17. The Hall–Kier alpha value is -3.79. The molecule has 3 heterocycles. The van der Waals surface area contributed by atoms with Crippen molar-refractivity contribution in [1.29, 1.82) is 5.26 Å². The van der Waals surface area contributed by atoms with Crippen LogP contribution in [0.3, 0.4) is 0 Å². The number of likely N-dealkylation sites (tertiary alicyclic amines) is 1. The van der Waals surface area contributed by atoms with E-state index in [1.165, 1.54) is 0 Å². The summed E-state index contributed by atoms with van der Waals surface area (Å²) >= 11 is 0. The Balaban J connectivity index is 1.75. The highest BCUT2D eigenvalue weighted by Crippen LogP contribution is 2.52. The number of aromatic nitrogens is 2. The summed E-state index contributed by atoms with van der Waals surface area (Å²) in [5.41, 5.74) is 9.33. The average Bonchev–Trinajstić information content (AvgIpc) is 3.16. The van der Waals surface area contributed by atoms with E-state index in [2.05, 4.69) is 28.1 Å². The molecule has 1 aromatic heterocycles. The predicted octanol–water partition coefficient (Wildman–Crippen LogP) is 1.61. The fraction of sp³-hybridized carbons (Fsp3) is 0.444. The van der Waals surface area contributed by atoms with Gasteiger partial charge in [-0.2, -0.15) is 5.26 Å². The molecule has 2 aliphatic heterocycles. The molecular weight excluding hydrogens is 456 g/mol. The lowest BCUT2D eigenvalue weighted by atomic mass is 9.61. The number of aromatic amines is 1. The van der Waals surface area contributed by atoms with Crippen LogP contribution in [0, 0.1) is 41.9 Å². The van der Waals surface area contributed by atoms with E-state index >= 15 is 0 Å². The highest BCUT2D eigenvalue weighted by molar-refractivity contribution is 5.79. The lowest BCUT2D eigenvalue weighted by Gasteiger charge is -2.41. The van der Waals surface area contributed by atoms with Crippen LogP contribution in [-0.4, -0.2) is 64.7 Å². The molecule has 4 rings (SSSR count). The maximum atomic E-state index is 12.2. The van der Waals surface area contributed by atoms with E-state index in [0.717, 1.165) is 22.4 Å². The Morgan fingerprint density at radius 3 is 2.72 bits per heavy atom. The molecule has 0 bridgehead atoms. The first-order valence-corrected chi connectivity index (χ1v) is 11.9. The van der Waals surface area contributed by atoms with Crippen LogP contribution in [0.25, 0.3) is 0 Å². The molecule has 4 N–H and O–H groups in total. The summed E-state index contributed by atoms with van der Waals surface area (Å²) in [5.74, 6) is 6.97. The van der Waals surface area contributed by atoms with Gasteiger partial charge in [0.25, 0.3) is 0 Å². The molecule has 2 aromatic rings. The molecule has 1 unspecified atom stereocenters. The molecule has 2 aliphatic rings. The van der Waals surface area contributed by atoms with Crippen molar-refractivity contribution >= 4 is 5.91 Å². The number of aliphatic hydroxyl groups excluding tert-OH is 1. The molecule has 9 nitrogen and oxygen atoms in total. The normalized spacial score (nSPS) is 19.4. The van der Waals surface area contributed by atoms with Crippen molar-refractivity contribution < 1.29 is 14.6 Å². The van der Waals surface area contributed by atoms with E-state index < -0.39 is 5.41 Å². The van der Waals surface area contributed by atoms with Crippen LogP contribution in [-0.2, 0) is 16.8 Å². The molecule has 1 fully saturated rings. The number of carbonyl (C=O) groups excluding carboxylic acids is 1. The number of likely N-dealkylation sites (N-methyl/N-ethyl adjacent to an activating group) is 1. The van der Waals surface area contributed by atoms with Crippen LogP contribution in [0.1, 0.15) is 41.8 Å². The molecule has 1 atom stereocenters. The number of allylic oxidation sites excluding steroid dienone is 1. The SMILES string of the molecule is Cc1[nH]nc2c1C(c1cc(C#CC3CN(C(=O)CN(C)C)C3)cc(CO)c1)(C(C)C)C(C#N)=C(N)O2. The summed E-state index contributed by atoms with van der Waals surface area (Å²) < 4.78 is 5.70. The van der Waals surface area contributed by atoms with Gasteiger partial charge in [-0.1, -0.05) is 31.8 Å². The highest BCUT2D eigenvalue weighted by Gasteiger charge is 2.50. The molecule has 0 radical (unpaired) electrons. The second kappa shape index (κ2) is 9.69. The van der Waals surface area contributed by atoms with E-state index in [4.69, 9.17) is 10.5 Å². The minimum absolute atomic E-state index is 0.0178. The topological polar surface area (TPSA) is 132 Å². The number of nitrogens with zero attached hydrogens (tertiary/aromatic N) is 4. The number of hydrogen-bond donors (Lipinski definition) is 3. The first-order valence-electron chi connectivity index (χ1n) is 11.9. The zero-order valence-corrected chi connectivity index (χ0v) is 21.3. The molecule has 0 aliphatic carbocycles. The quantitative estimate of drug-likeness (QED) is 0.545. The summed E-state index contributed by atoms with van der Waals surface area (Å²) in [6, 6.07) is 7.97. The zero-order valence-electron chi connectivity index (χ0n) is 21.3. The van der Waals surface area contributed by atoms with E-state index in [1.54, 1.807) is 4.90 Å². The number of fused-ring (bicyclic) bond motifs is 1. The number of H-pyrrole nitrogens is 1. The molecule has 0 saturated carbocycles. The third-order valence-corrected chi connectivity index (χ3v) is 6.87. The Kier molecular flexibility index (Phi) is 6.81. The summed E-state index contributed by atoms with van der Waals surface area (Å²) in [6.45, 7) is 7.36. The van der Waals surface area contributed by atoms with Gasteiger partial charge in [0.1, 0.15) is 11.6 Å². The molecule has 36 heavy (non-hydrogen) atoms. The summed E-state index contributed by atoms with van der Waals surface area (Å²) in [7, 11) is 3.75. The van der Waals surface area contributed by atoms with Gasteiger partial charge in [-0.25, -0.2) is 0 Å². The highest BCUT2D eigenvalue weighted by atomic mass is 16.5. The van der Waals surface area contributed by atoms with E-state index in [0.29, 0.717) is 36.7 Å². The lowest BCUT2D eigenvalue weighted by Crippen LogP contribution is -2.51. The molecule has 1 aromatic carbocycles. The monoisotopic (exact) mass is 488 g/mol. The molecule has 1 amide bonds. The number of aryl methyl sites for hydroxylation is 1. The van der Waals surface area contributed by atoms with Crippen LogP contribution in [0.5, 0.6) is 5.88 Å². The number of carbonyl (C=O) groups is 1. The smallest absolute Gasteiger partial charge is 0.244 e. The third-order valence-electron chi connectivity index (χ3n) is 6.87. The van der Waals surface area contributed by atoms with E-state index in [-0.39, 0.29) is 30.2 Å². The number of nitriles is 1. The van der Waals surface area contributed by atoms with Gasteiger partial charge in [-0.15, -0.1) is 5.10 Å². The Bertz CT molecular complexity index is 1320. The largest absolute Gasteiger partial charge is 0.420 e. The van der Waals surface area contributed by atoms with Crippen molar-refractivity contribution in [3.8, 4) is 23.8 Å². The number of hydrogen-bond acceptors (Lipinski definition) is 7. The van der Waals surface area contributed by atoms with Gasteiger partial charge in [0.15, 0.2) is 0 Å². The maximum absolute atomic E-state index is 12.2. The molecule has 1 saturated heterocycles. The van der Waals surface area contributed by atoms with Gasteiger partial charge in [-0.05, 0) is 50.2 Å².